The second kappa shape index (κ2) is 10.7. The topological polar surface area (TPSA) is 86.8 Å². The number of carbonyl (C=O) groups excluding carboxylic acids is 2. The number of nitrogens with zero attached hydrogens (tertiary/aromatic N) is 1. The van der Waals surface area contributed by atoms with Crippen molar-refractivity contribution in [1.29, 1.82) is 0 Å². The number of halogens is 2. The molecular formula is C28H22Cl2N2O5. The normalized spacial score (nSPS) is 14.4. The summed E-state index contributed by atoms with van der Waals surface area (Å²) in [6.45, 7) is 2.47. The van der Waals surface area contributed by atoms with Crippen LogP contribution in [0.2, 0.25) is 10.0 Å². The largest absolute Gasteiger partial charge is 0.493 e. The van der Waals surface area contributed by atoms with Gasteiger partial charge in [-0.2, -0.15) is 0 Å². The van der Waals surface area contributed by atoms with Crippen molar-refractivity contribution in [3.05, 3.63) is 87.9 Å². The maximum absolute atomic E-state index is 12.7. The van der Waals surface area contributed by atoms with Crippen LogP contribution in [0, 0.1) is 0 Å². The lowest BCUT2D eigenvalue weighted by molar-refractivity contribution is -0.145. The average molecular weight is 537 g/mol. The molecule has 0 aliphatic carbocycles. The van der Waals surface area contributed by atoms with Gasteiger partial charge in [0.25, 0.3) is 5.91 Å². The number of hydrogen-bond donors (Lipinski definition) is 1. The number of rotatable bonds is 6. The van der Waals surface area contributed by atoms with Crippen molar-refractivity contribution in [3.63, 3.8) is 0 Å². The summed E-state index contributed by atoms with van der Waals surface area (Å²) in [6, 6.07) is 18.9. The van der Waals surface area contributed by atoms with Crippen molar-refractivity contribution in [3.8, 4) is 17.2 Å². The van der Waals surface area contributed by atoms with Gasteiger partial charge in [0.1, 0.15) is 23.1 Å². The zero-order valence-corrected chi connectivity index (χ0v) is 21.3. The van der Waals surface area contributed by atoms with E-state index in [0.29, 0.717) is 63.9 Å². The summed E-state index contributed by atoms with van der Waals surface area (Å²) in [7, 11) is 0. The number of anilines is 1. The maximum Gasteiger partial charge on any atom is 0.313 e. The van der Waals surface area contributed by atoms with Gasteiger partial charge in [0, 0.05) is 27.6 Å². The van der Waals surface area contributed by atoms with E-state index < -0.39 is 5.92 Å². The second-order valence-corrected chi connectivity index (χ2v) is 9.22. The third-order valence-electron chi connectivity index (χ3n) is 5.91. The Bertz CT molecular complexity index is 1490. The molecule has 0 fully saturated rings. The van der Waals surface area contributed by atoms with E-state index in [1.165, 1.54) is 0 Å². The number of nitrogens with one attached hydrogen (secondary N) is 1. The molecule has 0 bridgehead atoms. The van der Waals surface area contributed by atoms with Gasteiger partial charge in [-0.3, -0.25) is 9.59 Å². The van der Waals surface area contributed by atoms with E-state index in [1.54, 1.807) is 61.5 Å². The molecule has 188 valence electrons. The zero-order valence-electron chi connectivity index (χ0n) is 19.8. The van der Waals surface area contributed by atoms with Crippen LogP contribution in [0.25, 0.3) is 10.9 Å². The Balaban J connectivity index is 1.28. The van der Waals surface area contributed by atoms with Crippen LogP contribution in [-0.4, -0.2) is 30.1 Å². The number of fused-ring (bicyclic) bond motifs is 2. The standard InChI is InChI=1S/C28H22Cl2N2O5/c1-2-35-28(34)20-11-12-36-24-15-25(22(30)14-21(20)24)37-19-7-3-16(4-8-19)27(33)32-26-10-5-17-13-18(29)6-9-23(17)31-26/h3-10,13-15,20H,2,11-12H2,1H3,(H,31,32,33). The van der Waals surface area contributed by atoms with Gasteiger partial charge < -0.3 is 19.5 Å². The predicted molar refractivity (Wildman–Crippen MR) is 142 cm³/mol. The molecule has 0 saturated heterocycles. The number of carbonyl (C=O) groups is 2. The summed E-state index contributed by atoms with van der Waals surface area (Å²) in [5.74, 6) is 0.792. The van der Waals surface area contributed by atoms with Crippen LogP contribution in [0.4, 0.5) is 5.82 Å². The van der Waals surface area contributed by atoms with Crippen LogP contribution < -0.4 is 14.8 Å². The first kappa shape index (κ1) is 24.9. The molecule has 5 rings (SSSR count). The predicted octanol–water partition coefficient (Wildman–Crippen LogP) is 7.02. The highest BCUT2D eigenvalue weighted by molar-refractivity contribution is 6.32. The number of aromatic nitrogens is 1. The molecule has 0 spiro atoms. The Morgan fingerprint density at radius 2 is 1.86 bits per heavy atom. The van der Waals surface area contributed by atoms with Crippen LogP contribution in [-0.2, 0) is 9.53 Å². The Hall–Kier alpha value is -3.81. The van der Waals surface area contributed by atoms with Gasteiger partial charge in [0.2, 0.25) is 0 Å². The lowest BCUT2D eigenvalue weighted by Gasteiger charge is -2.25. The van der Waals surface area contributed by atoms with Crippen LogP contribution >= 0.6 is 23.2 Å². The maximum atomic E-state index is 12.7. The minimum absolute atomic E-state index is 0.297. The monoisotopic (exact) mass is 536 g/mol. The molecule has 0 saturated carbocycles. The number of pyridine rings is 1. The molecule has 4 aromatic rings. The van der Waals surface area contributed by atoms with Crippen molar-refractivity contribution < 1.29 is 23.8 Å². The minimum Gasteiger partial charge on any atom is -0.493 e. The summed E-state index contributed by atoms with van der Waals surface area (Å²) in [5.41, 5.74) is 1.84. The molecule has 9 heteroatoms. The van der Waals surface area contributed by atoms with E-state index in [0.717, 1.165) is 10.9 Å². The van der Waals surface area contributed by atoms with E-state index in [1.807, 2.05) is 12.1 Å². The summed E-state index contributed by atoms with van der Waals surface area (Å²) in [5, 5.41) is 4.64. The summed E-state index contributed by atoms with van der Waals surface area (Å²) in [4.78, 5) is 29.5. The van der Waals surface area contributed by atoms with Gasteiger partial charge in [0.15, 0.2) is 0 Å². The van der Waals surface area contributed by atoms with Crippen LogP contribution in [0.15, 0.2) is 66.7 Å². The van der Waals surface area contributed by atoms with Crippen molar-refractivity contribution in [2.75, 3.05) is 18.5 Å². The van der Waals surface area contributed by atoms with E-state index in [9.17, 15) is 9.59 Å². The molecule has 1 aliphatic rings. The van der Waals surface area contributed by atoms with Gasteiger partial charge in [-0.1, -0.05) is 23.2 Å². The third-order valence-corrected chi connectivity index (χ3v) is 6.44. The van der Waals surface area contributed by atoms with Gasteiger partial charge >= 0.3 is 5.97 Å². The van der Waals surface area contributed by atoms with Crippen LogP contribution in [0.1, 0.15) is 35.2 Å². The van der Waals surface area contributed by atoms with E-state index in [4.69, 9.17) is 37.4 Å². The number of benzene rings is 3. The highest BCUT2D eigenvalue weighted by atomic mass is 35.5. The molecule has 1 aliphatic heterocycles. The lowest BCUT2D eigenvalue weighted by Crippen LogP contribution is -2.23. The van der Waals surface area contributed by atoms with Gasteiger partial charge in [-0.25, -0.2) is 4.98 Å². The zero-order chi connectivity index (χ0) is 25.9. The molecular weight excluding hydrogens is 515 g/mol. The quantitative estimate of drug-likeness (QED) is 0.266. The molecule has 1 N–H and O–H groups in total. The molecule has 1 atom stereocenters. The average Bonchev–Trinajstić information content (AvgIpc) is 2.89. The first-order chi connectivity index (χ1) is 17.9. The number of hydrogen-bond acceptors (Lipinski definition) is 6. The van der Waals surface area contributed by atoms with Crippen molar-refractivity contribution >= 4 is 51.8 Å². The number of amides is 1. The lowest BCUT2D eigenvalue weighted by atomic mass is 9.93. The molecule has 37 heavy (non-hydrogen) atoms. The molecule has 1 unspecified atom stereocenters. The van der Waals surface area contributed by atoms with Crippen molar-refractivity contribution in [2.45, 2.75) is 19.3 Å². The van der Waals surface area contributed by atoms with E-state index in [-0.39, 0.29) is 11.9 Å². The van der Waals surface area contributed by atoms with E-state index >= 15 is 0 Å². The minimum atomic E-state index is -0.428. The Kier molecular flexibility index (Phi) is 7.17. The first-order valence-electron chi connectivity index (χ1n) is 11.7. The highest BCUT2D eigenvalue weighted by Gasteiger charge is 2.30. The number of ether oxygens (including phenoxy) is 3. The van der Waals surface area contributed by atoms with E-state index in [2.05, 4.69) is 10.3 Å². The fourth-order valence-electron chi connectivity index (χ4n) is 4.11. The number of esters is 1. The summed E-state index contributed by atoms with van der Waals surface area (Å²) < 4.78 is 16.9. The Morgan fingerprint density at radius 3 is 2.65 bits per heavy atom. The first-order valence-corrected chi connectivity index (χ1v) is 12.5. The molecule has 3 aromatic carbocycles. The Morgan fingerprint density at radius 1 is 1.05 bits per heavy atom. The Labute approximate surface area is 223 Å². The summed E-state index contributed by atoms with van der Waals surface area (Å²) in [6.07, 6.45) is 0.523. The SMILES string of the molecule is CCOC(=O)C1CCOc2cc(Oc3ccc(C(=O)Nc4ccc5cc(Cl)ccc5n4)cc3)c(Cl)cc21. The van der Waals surface area contributed by atoms with Crippen molar-refractivity contribution in [1.82, 2.24) is 4.98 Å². The highest BCUT2D eigenvalue weighted by Crippen LogP contribution is 2.42. The molecule has 0 radical (unpaired) electrons. The third kappa shape index (κ3) is 5.48. The second-order valence-electron chi connectivity index (χ2n) is 8.38. The molecule has 1 aromatic heterocycles. The molecule has 2 heterocycles. The fourth-order valence-corrected chi connectivity index (χ4v) is 4.50. The molecule has 1 amide bonds. The van der Waals surface area contributed by atoms with Crippen LogP contribution in [0.3, 0.4) is 0 Å². The smallest absolute Gasteiger partial charge is 0.313 e. The van der Waals surface area contributed by atoms with Crippen molar-refractivity contribution in [2.24, 2.45) is 0 Å². The van der Waals surface area contributed by atoms with Crippen LogP contribution in [0.5, 0.6) is 17.2 Å². The van der Waals surface area contributed by atoms with Gasteiger partial charge in [-0.05, 0) is 74.0 Å². The summed E-state index contributed by atoms with van der Waals surface area (Å²) >= 11 is 12.5. The van der Waals surface area contributed by atoms with Gasteiger partial charge in [0.05, 0.1) is 29.7 Å². The fraction of sp³-hybridized carbons (Fsp3) is 0.179. The molecule has 7 nitrogen and oxygen atoms in total. The van der Waals surface area contributed by atoms with Gasteiger partial charge in [-0.15, -0.1) is 0 Å².